The Morgan fingerprint density at radius 1 is 1.00 bits per heavy atom. The standard InChI is InChI=1S/C34H42N4O7/c1-34(2,3)45-32(40)36-28(19-23-9-5-4-6-10-23)29(39)21-38(37-33(41)44-30-22-43-31-26(30)16-18-42-31)20-24-12-14-25(15-13-24)27-11-7-8-17-35-27/h4-15,17,26,28-31,39H,16,18-22H2,1-3H3,(H,36,40)(H,37,41)/t26-,28-,29+,30-,31+/m0/s1. The molecule has 5 atom stereocenters. The van der Waals surface area contributed by atoms with Gasteiger partial charge in [-0.25, -0.2) is 14.6 Å². The summed E-state index contributed by atoms with van der Waals surface area (Å²) < 4.78 is 22.4. The Morgan fingerprint density at radius 2 is 1.76 bits per heavy atom. The second kappa shape index (κ2) is 14.8. The van der Waals surface area contributed by atoms with E-state index in [1.54, 1.807) is 32.0 Å². The Kier molecular flexibility index (Phi) is 10.7. The van der Waals surface area contributed by atoms with Gasteiger partial charge >= 0.3 is 12.2 Å². The van der Waals surface area contributed by atoms with Crippen LogP contribution in [-0.2, 0) is 31.9 Å². The third-order valence-corrected chi connectivity index (χ3v) is 7.65. The Balaban J connectivity index is 1.31. The number of nitrogens with one attached hydrogen (secondary N) is 2. The van der Waals surface area contributed by atoms with Crippen LogP contribution >= 0.6 is 0 Å². The van der Waals surface area contributed by atoms with E-state index in [9.17, 15) is 14.7 Å². The highest BCUT2D eigenvalue weighted by molar-refractivity contribution is 5.68. The smallest absolute Gasteiger partial charge is 0.422 e. The van der Waals surface area contributed by atoms with E-state index >= 15 is 0 Å². The van der Waals surface area contributed by atoms with Gasteiger partial charge in [-0.15, -0.1) is 0 Å². The van der Waals surface area contributed by atoms with Crippen LogP contribution in [0.4, 0.5) is 9.59 Å². The Morgan fingerprint density at radius 3 is 2.47 bits per heavy atom. The molecule has 0 unspecified atom stereocenters. The van der Waals surface area contributed by atoms with Crippen molar-refractivity contribution in [2.24, 2.45) is 5.92 Å². The van der Waals surface area contributed by atoms with E-state index in [4.69, 9.17) is 18.9 Å². The topological polar surface area (TPSA) is 131 Å². The molecule has 1 aromatic heterocycles. The third-order valence-electron chi connectivity index (χ3n) is 7.65. The summed E-state index contributed by atoms with van der Waals surface area (Å²) in [6, 6.07) is 22.4. The second-order valence-corrected chi connectivity index (χ2v) is 12.4. The van der Waals surface area contributed by atoms with Crippen LogP contribution in [0.25, 0.3) is 11.3 Å². The summed E-state index contributed by atoms with van der Waals surface area (Å²) in [6.45, 7) is 6.41. The molecular formula is C34H42N4O7. The van der Waals surface area contributed by atoms with Crippen LogP contribution in [0.3, 0.4) is 0 Å². The molecule has 240 valence electrons. The first-order valence-corrected chi connectivity index (χ1v) is 15.3. The molecule has 2 fully saturated rings. The van der Waals surface area contributed by atoms with Gasteiger partial charge < -0.3 is 29.4 Å². The van der Waals surface area contributed by atoms with Crippen molar-refractivity contribution in [2.75, 3.05) is 19.8 Å². The predicted molar refractivity (Wildman–Crippen MR) is 167 cm³/mol. The number of hydrazine groups is 1. The van der Waals surface area contributed by atoms with Gasteiger partial charge in [-0.05, 0) is 56.9 Å². The van der Waals surface area contributed by atoms with Gasteiger partial charge in [0.25, 0.3) is 0 Å². The third kappa shape index (κ3) is 9.48. The molecule has 2 aliphatic heterocycles. The fraction of sp³-hybridized carbons (Fsp3) is 0.441. The van der Waals surface area contributed by atoms with Gasteiger partial charge in [0.15, 0.2) is 6.29 Å². The lowest BCUT2D eigenvalue weighted by Crippen LogP contribution is -2.54. The molecule has 11 nitrogen and oxygen atoms in total. The summed E-state index contributed by atoms with van der Waals surface area (Å²) in [5, 5.41) is 16.0. The number of hydrogen-bond donors (Lipinski definition) is 3. The van der Waals surface area contributed by atoms with Gasteiger partial charge in [0.2, 0.25) is 0 Å². The number of aromatic nitrogens is 1. The first kappa shape index (κ1) is 32.4. The van der Waals surface area contributed by atoms with Crippen LogP contribution in [0.2, 0.25) is 0 Å². The molecule has 3 N–H and O–H groups in total. The van der Waals surface area contributed by atoms with Crippen molar-refractivity contribution in [3.63, 3.8) is 0 Å². The number of hydrogen-bond acceptors (Lipinski definition) is 9. The molecule has 3 aromatic rings. The molecule has 0 spiro atoms. The fourth-order valence-corrected chi connectivity index (χ4v) is 5.49. The maximum atomic E-state index is 13.2. The van der Waals surface area contributed by atoms with Crippen LogP contribution in [0.1, 0.15) is 38.3 Å². The number of alkyl carbamates (subject to hydrolysis) is 1. The van der Waals surface area contributed by atoms with Crippen molar-refractivity contribution in [1.82, 2.24) is 20.7 Å². The van der Waals surface area contributed by atoms with Crippen LogP contribution in [-0.4, -0.2) is 77.2 Å². The first-order valence-electron chi connectivity index (χ1n) is 15.3. The molecule has 2 amide bonds. The number of rotatable bonds is 11. The number of amides is 2. The van der Waals surface area contributed by atoms with E-state index in [0.29, 0.717) is 13.0 Å². The number of nitrogens with zero attached hydrogens (tertiary/aromatic N) is 2. The number of pyridine rings is 1. The number of aliphatic hydroxyl groups excluding tert-OH is 1. The monoisotopic (exact) mass is 618 g/mol. The minimum Gasteiger partial charge on any atom is -0.444 e. The van der Waals surface area contributed by atoms with Crippen LogP contribution < -0.4 is 10.7 Å². The van der Waals surface area contributed by atoms with Crippen LogP contribution in [0.5, 0.6) is 0 Å². The minimum absolute atomic E-state index is 0.0118. The number of carbonyl (C=O) groups is 2. The van der Waals surface area contributed by atoms with Gasteiger partial charge in [0.1, 0.15) is 11.7 Å². The highest BCUT2D eigenvalue weighted by Crippen LogP contribution is 2.33. The van der Waals surface area contributed by atoms with E-state index in [0.717, 1.165) is 28.8 Å². The molecule has 0 radical (unpaired) electrons. The Hall–Kier alpha value is -4.03. The van der Waals surface area contributed by atoms with E-state index in [1.165, 1.54) is 0 Å². The summed E-state index contributed by atoms with van der Waals surface area (Å²) in [7, 11) is 0. The SMILES string of the molecule is CC(C)(C)OC(=O)N[C@@H](Cc1ccccc1)[C@H](O)CN(Cc1ccc(-c2ccccn2)cc1)NC(=O)O[C@H]1CO[C@H]2OCC[C@H]21. The van der Waals surface area contributed by atoms with Gasteiger partial charge in [-0.3, -0.25) is 10.4 Å². The predicted octanol–water partition coefficient (Wildman–Crippen LogP) is 4.45. The van der Waals surface area contributed by atoms with Crippen LogP contribution in [0, 0.1) is 5.92 Å². The molecule has 0 aliphatic carbocycles. The van der Waals surface area contributed by atoms with Crippen molar-refractivity contribution in [3.05, 3.63) is 90.1 Å². The minimum atomic E-state index is -1.09. The maximum absolute atomic E-state index is 13.2. The largest absolute Gasteiger partial charge is 0.444 e. The lowest BCUT2D eigenvalue weighted by molar-refractivity contribution is -0.0907. The lowest BCUT2D eigenvalue weighted by atomic mass is 10.0. The summed E-state index contributed by atoms with van der Waals surface area (Å²) in [5.74, 6) is -0.0118. The summed E-state index contributed by atoms with van der Waals surface area (Å²) in [6.07, 6.45) is -0.319. The Bertz CT molecular complexity index is 1390. The zero-order valence-corrected chi connectivity index (χ0v) is 25.9. The highest BCUT2D eigenvalue weighted by atomic mass is 16.7. The quantitative estimate of drug-likeness (QED) is 0.267. The van der Waals surface area contributed by atoms with Gasteiger partial charge in [-0.1, -0.05) is 60.7 Å². The zero-order chi connectivity index (χ0) is 31.8. The number of carbonyl (C=O) groups excluding carboxylic acids is 2. The van der Waals surface area contributed by atoms with Gasteiger partial charge in [-0.2, -0.15) is 0 Å². The van der Waals surface area contributed by atoms with Crippen molar-refractivity contribution < 1.29 is 33.6 Å². The number of ether oxygens (including phenoxy) is 4. The number of benzene rings is 2. The van der Waals surface area contributed by atoms with E-state index < -0.39 is 36.0 Å². The van der Waals surface area contributed by atoms with Crippen molar-refractivity contribution in [3.8, 4) is 11.3 Å². The van der Waals surface area contributed by atoms with E-state index in [2.05, 4.69) is 15.7 Å². The molecule has 0 saturated carbocycles. The molecule has 11 heteroatoms. The maximum Gasteiger partial charge on any atom is 0.422 e. The Labute approximate surface area is 263 Å². The van der Waals surface area contributed by atoms with Gasteiger partial charge in [0.05, 0.1) is 37.0 Å². The van der Waals surface area contributed by atoms with E-state index in [1.807, 2.05) is 72.8 Å². The zero-order valence-electron chi connectivity index (χ0n) is 25.9. The molecule has 0 bridgehead atoms. The average molecular weight is 619 g/mol. The molecule has 5 rings (SSSR count). The summed E-state index contributed by atoms with van der Waals surface area (Å²) >= 11 is 0. The molecule has 2 aliphatic rings. The summed E-state index contributed by atoms with van der Waals surface area (Å²) in [5.41, 5.74) is 5.73. The molecular weight excluding hydrogens is 576 g/mol. The first-order chi connectivity index (χ1) is 21.6. The van der Waals surface area contributed by atoms with Crippen molar-refractivity contribution in [2.45, 2.75) is 70.3 Å². The number of fused-ring (bicyclic) bond motifs is 1. The highest BCUT2D eigenvalue weighted by Gasteiger charge is 2.44. The molecule has 3 heterocycles. The fourth-order valence-electron chi connectivity index (χ4n) is 5.49. The average Bonchev–Trinajstić information content (AvgIpc) is 3.62. The second-order valence-electron chi connectivity index (χ2n) is 12.4. The van der Waals surface area contributed by atoms with E-state index in [-0.39, 0.29) is 31.9 Å². The van der Waals surface area contributed by atoms with Gasteiger partial charge in [0, 0.05) is 24.8 Å². The lowest BCUT2D eigenvalue weighted by Gasteiger charge is -2.31. The molecule has 2 saturated heterocycles. The normalized spacial score (nSPS) is 20.7. The van der Waals surface area contributed by atoms with Crippen molar-refractivity contribution >= 4 is 12.2 Å². The molecule has 45 heavy (non-hydrogen) atoms. The van der Waals surface area contributed by atoms with Crippen LogP contribution in [0.15, 0.2) is 79.0 Å². The number of aliphatic hydroxyl groups is 1. The summed E-state index contributed by atoms with van der Waals surface area (Å²) in [4.78, 5) is 30.3. The molecule has 2 aromatic carbocycles. The van der Waals surface area contributed by atoms with Crippen molar-refractivity contribution in [1.29, 1.82) is 0 Å².